The van der Waals surface area contributed by atoms with Crippen LogP contribution in [0.5, 0.6) is 5.75 Å². The lowest BCUT2D eigenvalue weighted by molar-refractivity contribution is -0.135. The second-order valence-electron chi connectivity index (χ2n) is 3.35. The van der Waals surface area contributed by atoms with Crippen LogP contribution in [-0.2, 0) is 11.2 Å². The summed E-state index contributed by atoms with van der Waals surface area (Å²) in [6.45, 7) is 5.24. The Labute approximate surface area is 89.5 Å². The molecule has 0 saturated carbocycles. The van der Waals surface area contributed by atoms with Crippen molar-refractivity contribution in [3.8, 4) is 5.75 Å². The van der Waals surface area contributed by atoms with Crippen LogP contribution < -0.4 is 10.5 Å². The lowest BCUT2D eigenvalue weighted by Gasteiger charge is -2.06. The van der Waals surface area contributed by atoms with Crippen molar-refractivity contribution in [1.29, 1.82) is 0 Å². The smallest absolute Gasteiger partial charge is 0.328 e. The third-order valence-corrected chi connectivity index (χ3v) is 1.89. The van der Waals surface area contributed by atoms with Crippen LogP contribution in [0.4, 0.5) is 0 Å². The maximum Gasteiger partial charge on any atom is 0.328 e. The molecule has 0 radical (unpaired) electrons. The van der Waals surface area contributed by atoms with Gasteiger partial charge in [0, 0.05) is 0 Å². The van der Waals surface area contributed by atoms with Crippen molar-refractivity contribution in [3.05, 3.63) is 42.5 Å². The van der Waals surface area contributed by atoms with Gasteiger partial charge in [0.25, 0.3) is 0 Å². The molecular weight excluding hydrogens is 190 g/mol. The Balaban J connectivity index is 2.64. The van der Waals surface area contributed by atoms with Gasteiger partial charge in [0.1, 0.15) is 11.8 Å². The highest BCUT2D eigenvalue weighted by atomic mass is 16.5. The molecule has 1 aromatic carbocycles. The molecular formula is C12H15NO2. The van der Waals surface area contributed by atoms with Gasteiger partial charge in [-0.05, 0) is 31.0 Å². The summed E-state index contributed by atoms with van der Waals surface area (Å²) >= 11 is 0. The van der Waals surface area contributed by atoms with Gasteiger partial charge in [0.05, 0.1) is 0 Å². The van der Waals surface area contributed by atoms with Crippen molar-refractivity contribution >= 4 is 5.97 Å². The fraction of sp³-hybridized carbons (Fsp3) is 0.250. The number of allylic oxidation sites excluding steroid dienone is 1. The summed E-state index contributed by atoms with van der Waals surface area (Å²) in [5.41, 5.74) is 6.50. The van der Waals surface area contributed by atoms with Crippen LogP contribution in [-0.4, -0.2) is 12.0 Å². The highest BCUT2D eigenvalue weighted by molar-refractivity contribution is 5.77. The van der Waals surface area contributed by atoms with Crippen LogP contribution in [0.2, 0.25) is 0 Å². The summed E-state index contributed by atoms with van der Waals surface area (Å²) in [6, 6.07) is 6.69. The van der Waals surface area contributed by atoms with Crippen LogP contribution in [0.25, 0.3) is 0 Å². The summed E-state index contributed by atoms with van der Waals surface area (Å²) in [5, 5.41) is 0. The van der Waals surface area contributed by atoms with E-state index in [2.05, 4.69) is 6.58 Å². The van der Waals surface area contributed by atoms with Crippen molar-refractivity contribution in [3.63, 3.8) is 0 Å². The zero-order valence-electron chi connectivity index (χ0n) is 8.77. The Bertz CT molecular complexity index is 341. The lowest BCUT2D eigenvalue weighted by Crippen LogP contribution is -2.30. The van der Waals surface area contributed by atoms with Gasteiger partial charge in [-0.25, -0.2) is 4.79 Å². The first-order chi connectivity index (χ1) is 7.13. The molecule has 0 aliphatic rings. The van der Waals surface area contributed by atoms with E-state index in [1.807, 2.05) is 18.2 Å². The minimum absolute atomic E-state index is 0.425. The molecule has 0 unspecified atom stereocenters. The molecule has 1 rings (SSSR count). The topological polar surface area (TPSA) is 52.3 Å². The van der Waals surface area contributed by atoms with E-state index < -0.39 is 12.0 Å². The van der Waals surface area contributed by atoms with Gasteiger partial charge in [-0.1, -0.05) is 18.2 Å². The molecule has 0 aliphatic carbocycles. The molecule has 0 bridgehead atoms. The maximum absolute atomic E-state index is 11.2. The first-order valence-corrected chi connectivity index (χ1v) is 4.80. The molecule has 0 aromatic heterocycles. The van der Waals surface area contributed by atoms with Crippen LogP contribution in [0.15, 0.2) is 36.9 Å². The van der Waals surface area contributed by atoms with Gasteiger partial charge in [-0.2, -0.15) is 0 Å². The number of rotatable bonds is 4. The Morgan fingerprint density at radius 1 is 1.53 bits per heavy atom. The van der Waals surface area contributed by atoms with E-state index in [4.69, 9.17) is 10.5 Å². The van der Waals surface area contributed by atoms with E-state index in [0.717, 1.165) is 12.0 Å². The molecule has 0 heterocycles. The predicted octanol–water partition coefficient (Wildman–Crippen LogP) is 1.67. The molecule has 80 valence electrons. The minimum Gasteiger partial charge on any atom is -0.425 e. The molecule has 3 heteroatoms. The summed E-state index contributed by atoms with van der Waals surface area (Å²) < 4.78 is 5.02. The largest absolute Gasteiger partial charge is 0.425 e. The number of carbonyl (C=O) groups is 1. The molecule has 15 heavy (non-hydrogen) atoms. The van der Waals surface area contributed by atoms with Gasteiger partial charge in [0.15, 0.2) is 0 Å². The van der Waals surface area contributed by atoms with E-state index in [-0.39, 0.29) is 0 Å². The molecule has 1 aromatic rings. The normalized spacial score (nSPS) is 11.9. The minimum atomic E-state index is -0.599. The Hall–Kier alpha value is -1.61. The zero-order valence-corrected chi connectivity index (χ0v) is 8.77. The molecule has 1 atom stereocenters. The second-order valence-corrected chi connectivity index (χ2v) is 3.35. The average Bonchev–Trinajstić information content (AvgIpc) is 2.21. The number of benzene rings is 1. The highest BCUT2D eigenvalue weighted by Gasteiger charge is 2.09. The molecule has 2 N–H and O–H groups in total. The number of ether oxygens (including phenoxy) is 1. The van der Waals surface area contributed by atoms with Crippen LogP contribution in [0, 0.1) is 0 Å². The van der Waals surface area contributed by atoms with Gasteiger partial charge < -0.3 is 10.5 Å². The van der Waals surface area contributed by atoms with Crippen molar-refractivity contribution in [1.82, 2.24) is 0 Å². The van der Waals surface area contributed by atoms with Crippen LogP contribution in [0.1, 0.15) is 12.5 Å². The third-order valence-electron chi connectivity index (χ3n) is 1.89. The fourth-order valence-electron chi connectivity index (χ4n) is 1.07. The quantitative estimate of drug-likeness (QED) is 0.462. The first kappa shape index (κ1) is 11.5. The standard InChI is InChI=1S/C12H15NO2/c1-3-4-10-5-7-11(8-6-10)15-12(14)9(2)13/h3,5-9H,1,4,13H2,2H3/t9-/m0/s1. The second kappa shape index (κ2) is 5.32. The third kappa shape index (κ3) is 3.56. The first-order valence-electron chi connectivity index (χ1n) is 4.80. The van der Waals surface area contributed by atoms with Crippen LogP contribution >= 0.6 is 0 Å². The van der Waals surface area contributed by atoms with Crippen molar-refractivity contribution in [2.75, 3.05) is 0 Å². The van der Waals surface area contributed by atoms with E-state index in [0.29, 0.717) is 5.75 Å². The molecule has 0 aliphatic heterocycles. The summed E-state index contributed by atoms with van der Waals surface area (Å²) in [4.78, 5) is 11.2. The van der Waals surface area contributed by atoms with Gasteiger partial charge in [-0.3, -0.25) is 0 Å². The Kier molecular flexibility index (Phi) is 4.06. The summed E-state index contributed by atoms with van der Waals surface area (Å²) in [6.07, 6.45) is 2.63. The highest BCUT2D eigenvalue weighted by Crippen LogP contribution is 2.13. The van der Waals surface area contributed by atoms with Crippen molar-refractivity contribution < 1.29 is 9.53 Å². The number of carbonyl (C=O) groups excluding carboxylic acids is 1. The lowest BCUT2D eigenvalue weighted by atomic mass is 10.1. The molecule has 0 amide bonds. The molecule has 0 fully saturated rings. The predicted molar refractivity (Wildman–Crippen MR) is 59.6 cm³/mol. The van der Waals surface area contributed by atoms with E-state index in [1.165, 1.54) is 0 Å². The number of nitrogens with two attached hydrogens (primary N) is 1. The average molecular weight is 205 g/mol. The van der Waals surface area contributed by atoms with E-state index >= 15 is 0 Å². The van der Waals surface area contributed by atoms with Gasteiger partial charge in [0.2, 0.25) is 0 Å². The fourth-order valence-corrected chi connectivity index (χ4v) is 1.07. The zero-order chi connectivity index (χ0) is 11.3. The van der Waals surface area contributed by atoms with Gasteiger partial charge in [-0.15, -0.1) is 6.58 Å². The molecule has 0 spiro atoms. The Morgan fingerprint density at radius 3 is 2.60 bits per heavy atom. The Morgan fingerprint density at radius 2 is 2.13 bits per heavy atom. The summed E-state index contributed by atoms with van der Waals surface area (Å²) in [7, 11) is 0. The van der Waals surface area contributed by atoms with Crippen molar-refractivity contribution in [2.24, 2.45) is 5.73 Å². The van der Waals surface area contributed by atoms with Gasteiger partial charge >= 0.3 is 5.97 Å². The molecule has 0 saturated heterocycles. The SMILES string of the molecule is C=CCc1ccc(OC(=O)[C@H](C)N)cc1. The van der Waals surface area contributed by atoms with E-state index in [9.17, 15) is 4.79 Å². The van der Waals surface area contributed by atoms with Crippen LogP contribution in [0.3, 0.4) is 0 Å². The van der Waals surface area contributed by atoms with E-state index in [1.54, 1.807) is 19.1 Å². The number of esters is 1. The number of hydrogen-bond donors (Lipinski definition) is 1. The van der Waals surface area contributed by atoms with Crippen molar-refractivity contribution in [2.45, 2.75) is 19.4 Å². The molecule has 3 nitrogen and oxygen atoms in total. The number of hydrogen-bond acceptors (Lipinski definition) is 3. The maximum atomic E-state index is 11.2. The monoisotopic (exact) mass is 205 g/mol. The summed E-state index contributed by atoms with van der Waals surface area (Å²) in [5.74, 6) is 0.0941.